The Balaban J connectivity index is 0.00000145. The Hall–Kier alpha value is -2.28. The maximum atomic E-state index is 3.62. The molecule has 1 nitrogen and oxygen atoms in total. The molecule has 1 unspecified atom stereocenters. The molecule has 0 spiro atoms. The molecule has 1 aliphatic carbocycles. The number of allylic oxidation sites excluding steroid dienone is 3. The molecule has 1 N–H and O–H groups in total. The fourth-order valence-corrected chi connectivity index (χ4v) is 3.73. The molecule has 0 fully saturated rings. The van der Waals surface area contributed by atoms with Gasteiger partial charge in [-0.2, -0.15) is 0 Å². The van der Waals surface area contributed by atoms with Crippen LogP contribution in [-0.4, -0.2) is 0 Å². The van der Waals surface area contributed by atoms with Crippen molar-refractivity contribution in [2.24, 2.45) is 5.92 Å². The second kappa shape index (κ2) is 12.3. The normalized spacial score (nSPS) is 15.3. The minimum atomic E-state index is 0.394. The smallest absolute Gasteiger partial charge is 0.0382 e. The summed E-state index contributed by atoms with van der Waals surface area (Å²) in [7, 11) is 0. The van der Waals surface area contributed by atoms with Gasteiger partial charge in [-0.25, -0.2) is 0 Å². The average Bonchev–Trinajstić information content (AvgIpc) is 3.11. The van der Waals surface area contributed by atoms with E-state index in [4.69, 9.17) is 0 Å². The fourth-order valence-electron chi connectivity index (χ4n) is 3.73. The highest BCUT2D eigenvalue weighted by Crippen LogP contribution is 2.34. The van der Waals surface area contributed by atoms with E-state index in [1.54, 1.807) is 0 Å². The Morgan fingerprint density at radius 2 is 1.45 bits per heavy atom. The molecule has 1 heteroatoms. The lowest BCUT2D eigenvalue weighted by atomic mass is 9.94. The van der Waals surface area contributed by atoms with Crippen LogP contribution >= 0.6 is 0 Å². The third-order valence-corrected chi connectivity index (χ3v) is 5.57. The molecule has 0 heterocycles. The lowest BCUT2D eigenvalue weighted by Gasteiger charge is -2.17. The number of nitrogens with one attached hydrogen (secondary N) is 1. The maximum absolute atomic E-state index is 3.62. The van der Waals surface area contributed by atoms with E-state index >= 15 is 0 Å². The number of hydrogen-bond donors (Lipinski definition) is 1. The Bertz CT molecular complexity index is 778. The van der Waals surface area contributed by atoms with E-state index in [1.807, 2.05) is 13.8 Å². The van der Waals surface area contributed by atoms with Crippen molar-refractivity contribution in [1.82, 2.24) is 0 Å². The number of hydrogen-bond acceptors (Lipinski definition) is 1. The molecule has 0 aromatic heterocycles. The van der Waals surface area contributed by atoms with Crippen LogP contribution in [0.5, 0.6) is 0 Å². The monoisotopic (exact) mass is 389 g/mol. The van der Waals surface area contributed by atoms with Gasteiger partial charge in [0.2, 0.25) is 0 Å². The quantitative estimate of drug-likeness (QED) is 0.423. The predicted octanol–water partition coefficient (Wildman–Crippen LogP) is 8.56. The van der Waals surface area contributed by atoms with E-state index in [0.29, 0.717) is 5.92 Å². The van der Waals surface area contributed by atoms with E-state index < -0.39 is 0 Å². The number of aryl methyl sites for hydroxylation is 2. The molecular formula is C28H39N. The SMILES string of the molecule is CC.CCCCCCCc1ccc(NC2=CC=C(c3ccc(C)cc3)C2C)cc1. The van der Waals surface area contributed by atoms with Crippen LogP contribution in [0.2, 0.25) is 0 Å². The predicted molar refractivity (Wildman–Crippen MR) is 130 cm³/mol. The van der Waals surface area contributed by atoms with Gasteiger partial charge in [-0.15, -0.1) is 0 Å². The molecule has 2 aromatic carbocycles. The summed E-state index contributed by atoms with van der Waals surface area (Å²) in [6, 6.07) is 17.8. The van der Waals surface area contributed by atoms with Crippen LogP contribution in [0.1, 0.15) is 76.5 Å². The van der Waals surface area contributed by atoms with Crippen LogP contribution in [0.4, 0.5) is 5.69 Å². The Labute approximate surface area is 178 Å². The van der Waals surface area contributed by atoms with Crippen molar-refractivity contribution >= 4 is 11.3 Å². The molecule has 0 saturated heterocycles. The second-order valence-electron chi connectivity index (χ2n) is 7.82. The van der Waals surface area contributed by atoms with Gasteiger partial charge in [0.25, 0.3) is 0 Å². The zero-order valence-electron chi connectivity index (χ0n) is 19.1. The Kier molecular flexibility index (Phi) is 9.77. The molecular weight excluding hydrogens is 350 g/mol. The van der Waals surface area contributed by atoms with Gasteiger partial charge in [-0.05, 0) is 54.7 Å². The van der Waals surface area contributed by atoms with Crippen LogP contribution in [-0.2, 0) is 6.42 Å². The highest BCUT2D eigenvalue weighted by molar-refractivity contribution is 5.76. The number of benzene rings is 2. The standard InChI is InChI=1S/C26H33N.C2H6/c1-4-5-6-7-8-9-22-12-16-24(17-13-22)27-26-19-18-25(21(26)3)23-14-10-20(2)11-15-23;1-2/h10-19,21,27H,4-9H2,1-3H3;1-2H3. The highest BCUT2D eigenvalue weighted by Gasteiger charge is 2.19. The van der Waals surface area contributed by atoms with Gasteiger partial charge in [-0.1, -0.05) is 101 Å². The zero-order valence-corrected chi connectivity index (χ0v) is 19.1. The van der Waals surface area contributed by atoms with Gasteiger partial charge in [0.05, 0.1) is 0 Å². The molecule has 0 radical (unpaired) electrons. The number of anilines is 1. The van der Waals surface area contributed by atoms with Gasteiger partial charge in [-0.3, -0.25) is 0 Å². The first kappa shape index (κ1) is 23.0. The number of rotatable bonds is 9. The lowest BCUT2D eigenvalue weighted by molar-refractivity contribution is 0.632. The van der Waals surface area contributed by atoms with Crippen LogP contribution in [0.3, 0.4) is 0 Å². The van der Waals surface area contributed by atoms with E-state index in [0.717, 1.165) is 0 Å². The van der Waals surface area contributed by atoms with Crippen LogP contribution in [0.25, 0.3) is 5.57 Å². The summed E-state index contributed by atoms with van der Waals surface area (Å²) in [6.45, 7) is 10.7. The zero-order chi connectivity index (χ0) is 21.1. The molecule has 1 aliphatic rings. The van der Waals surface area contributed by atoms with E-state index in [2.05, 4.69) is 86.8 Å². The molecule has 0 saturated carbocycles. The Morgan fingerprint density at radius 3 is 2.10 bits per heavy atom. The molecule has 0 aliphatic heterocycles. The minimum Gasteiger partial charge on any atom is -0.358 e. The summed E-state index contributed by atoms with van der Waals surface area (Å²) in [4.78, 5) is 0. The van der Waals surface area contributed by atoms with Gasteiger partial charge >= 0.3 is 0 Å². The van der Waals surface area contributed by atoms with Crippen molar-refractivity contribution in [2.45, 2.75) is 73.1 Å². The summed E-state index contributed by atoms with van der Waals surface area (Å²) < 4.78 is 0. The summed E-state index contributed by atoms with van der Waals surface area (Å²) in [5.74, 6) is 0.394. The van der Waals surface area contributed by atoms with Crippen molar-refractivity contribution in [3.63, 3.8) is 0 Å². The maximum Gasteiger partial charge on any atom is 0.0382 e. The summed E-state index contributed by atoms with van der Waals surface area (Å²) in [5, 5.41) is 3.62. The van der Waals surface area contributed by atoms with E-state index in [-0.39, 0.29) is 0 Å². The van der Waals surface area contributed by atoms with Crippen molar-refractivity contribution in [3.8, 4) is 0 Å². The summed E-state index contributed by atoms with van der Waals surface area (Å²) in [5.41, 5.74) is 7.92. The molecule has 2 aromatic rings. The highest BCUT2D eigenvalue weighted by atomic mass is 14.9. The van der Waals surface area contributed by atoms with Crippen LogP contribution in [0.15, 0.2) is 66.4 Å². The van der Waals surface area contributed by atoms with Crippen LogP contribution in [0, 0.1) is 12.8 Å². The van der Waals surface area contributed by atoms with Crippen molar-refractivity contribution in [1.29, 1.82) is 0 Å². The molecule has 0 bridgehead atoms. The van der Waals surface area contributed by atoms with Crippen molar-refractivity contribution < 1.29 is 0 Å². The van der Waals surface area contributed by atoms with Gasteiger partial charge < -0.3 is 5.32 Å². The molecule has 29 heavy (non-hydrogen) atoms. The molecule has 3 rings (SSSR count). The van der Waals surface area contributed by atoms with Crippen LogP contribution < -0.4 is 5.32 Å². The minimum absolute atomic E-state index is 0.394. The summed E-state index contributed by atoms with van der Waals surface area (Å²) in [6.07, 6.45) is 12.4. The van der Waals surface area contributed by atoms with Crippen molar-refractivity contribution in [3.05, 3.63) is 83.1 Å². The fraction of sp³-hybridized carbons (Fsp3) is 0.429. The topological polar surface area (TPSA) is 12.0 Å². The second-order valence-corrected chi connectivity index (χ2v) is 7.82. The molecule has 156 valence electrons. The number of unbranched alkanes of at least 4 members (excludes halogenated alkanes) is 4. The molecule has 1 atom stereocenters. The van der Waals surface area contributed by atoms with Crippen molar-refractivity contribution in [2.75, 3.05) is 5.32 Å². The van der Waals surface area contributed by atoms with Gasteiger partial charge in [0.15, 0.2) is 0 Å². The van der Waals surface area contributed by atoms with E-state index in [1.165, 1.54) is 72.2 Å². The summed E-state index contributed by atoms with van der Waals surface area (Å²) >= 11 is 0. The lowest BCUT2D eigenvalue weighted by Crippen LogP contribution is -2.07. The first-order chi connectivity index (χ1) is 14.2. The van der Waals surface area contributed by atoms with E-state index in [9.17, 15) is 0 Å². The molecule has 0 amide bonds. The van der Waals surface area contributed by atoms with Gasteiger partial charge in [0.1, 0.15) is 0 Å². The largest absolute Gasteiger partial charge is 0.358 e. The first-order valence-corrected chi connectivity index (χ1v) is 11.5. The first-order valence-electron chi connectivity index (χ1n) is 11.5. The third-order valence-electron chi connectivity index (χ3n) is 5.57. The van der Waals surface area contributed by atoms with Gasteiger partial charge in [0, 0.05) is 17.3 Å². The average molecular weight is 390 g/mol. The third kappa shape index (κ3) is 6.92. The Morgan fingerprint density at radius 1 is 0.793 bits per heavy atom.